The monoisotopic (exact) mass is 667 g/mol. The van der Waals surface area contributed by atoms with Crippen molar-refractivity contribution < 1.29 is 38.2 Å². The van der Waals surface area contributed by atoms with Crippen LogP contribution in [0.15, 0.2) is 24.3 Å². The first-order valence-corrected chi connectivity index (χ1v) is 18.9. The molecule has 0 saturated carbocycles. The Balaban J connectivity index is 4.38. The normalized spacial score (nSPS) is 13.3. The maximum atomic E-state index is 12.6. The summed E-state index contributed by atoms with van der Waals surface area (Å²) >= 11 is 0. The highest BCUT2D eigenvalue weighted by Gasteiger charge is 2.31. The lowest BCUT2D eigenvalue weighted by Crippen LogP contribution is -2.50. The van der Waals surface area contributed by atoms with E-state index in [0.29, 0.717) is 19.3 Å². The summed E-state index contributed by atoms with van der Waals surface area (Å²) in [6, 6.07) is -0.611. The lowest BCUT2D eigenvalue weighted by atomic mass is 10.1. The van der Waals surface area contributed by atoms with Gasteiger partial charge in [-0.25, -0.2) is 4.79 Å². The van der Waals surface area contributed by atoms with E-state index >= 15 is 0 Å². The van der Waals surface area contributed by atoms with Crippen molar-refractivity contribution in [1.82, 2.24) is 0 Å². The van der Waals surface area contributed by atoms with Gasteiger partial charge in [-0.3, -0.25) is 9.59 Å². The van der Waals surface area contributed by atoms with Crippen LogP contribution in [0.2, 0.25) is 0 Å². The Kier molecular flexibility index (Phi) is 29.7. The van der Waals surface area contributed by atoms with Crippen molar-refractivity contribution in [1.29, 1.82) is 0 Å². The fraction of sp³-hybridized carbons (Fsp3) is 0.821. The molecule has 0 spiro atoms. The van der Waals surface area contributed by atoms with E-state index < -0.39 is 18.1 Å². The third-order valence-electron chi connectivity index (χ3n) is 8.38. The van der Waals surface area contributed by atoms with Crippen molar-refractivity contribution in [2.75, 3.05) is 41.0 Å². The van der Waals surface area contributed by atoms with Gasteiger partial charge in [0.1, 0.15) is 6.61 Å². The Bertz CT molecular complexity index is 834. The van der Waals surface area contributed by atoms with E-state index in [1.54, 1.807) is 0 Å². The number of ether oxygens (including phenoxy) is 3. The summed E-state index contributed by atoms with van der Waals surface area (Å²) in [5.74, 6) is -1.49. The van der Waals surface area contributed by atoms with Gasteiger partial charge in [0.15, 0.2) is 12.1 Å². The van der Waals surface area contributed by atoms with Crippen LogP contribution in [0.4, 0.5) is 0 Å². The molecule has 2 unspecified atom stereocenters. The van der Waals surface area contributed by atoms with Crippen LogP contribution in [0.5, 0.6) is 0 Å². The zero-order chi connectivity index (χ0) is 35.0. The predicted molar refractivity (Wildman–Crippen MR) is 192 cm³/mol. The lowest BCUT2D eigenvalue weighted by Gasteiger charge is -2.31. The standard InChI is InChI=1S/C39H71NO7/c1-6-8-10-12-14-16-17-18-19-20-21-22-24-25-27-29-37(41)46-34-35(33-45-32-31-36(39(43)44)40(3,4)5)47-38(42)30-28-26-23-15-13-11-9-7-2/h14,16-18,35-36H,6-13,15,19-34H2,1-5H3/p+1/b16-14+,18-17+. The summed E-state index contributed by atoms with van der Waals surface area (Å²) < 4.78 is 17.1. The number of nitrogens with zero attached hydrogens (tertiary/aromatic N) is 1. The Morgan fingerprint density at radius 3 is 1.64 bits per heavy atom. The van der Waals surface area contributed by atoms with Gasteiger partial charge >= 0.3 is 17.9 Å². The summed E-state index contributed by atoms with van der Waals surface area (Å²) in [4.78, 5) is 36.6. The molecule has 0 aromatic heterocycles. The van der Waals surface area contributed by atoms with E-state index in [4.69, 9.17) is 14.2 Å². The number of carbonyl (C=O) groups is 3. The molecule has 0 saturated heterocycles. The Hall–Kier alpha value is -2.19. The van der Waals surface area contributed by atoms with Gasteiger partial charge in [-0.2, -0.15) is 0 Å². The van der Waals surface area contributed by atoms with Gasteiger partial charge in [0.25, 0.3) is 0 Å². The number of hydrogen-bond acceptors (Lipinski definition) is 6. The molecule has 2 atom stereocenters. The van der Waals surface area contributed by atoms with Crippen LogP contribution in [0.3, 0.4) is 0 Å². The molecule has 8 heteroatoms. The fourth-order valence-corrected chi connectivity index (χ4v) is 5.37. The van der Waals surface area contributed by atoms with Crippen molar-refractivity contribution >= 4 is 17.9 Å². The molecule has 0 fully saturated rings. The molecule has 0 bridgehead atoms. The Morgan fingerprint density at radius 1 is 0.638 bits per heavy atom. The molecule has 274 valence electrons. The average Bonchev–Trinajstić information content (AvgIpc) is 3.01. The number of quaternary nitrogens is 1. The minimum atomic E-state index is -0.878. The second kappa shape index (κ2) is 31.1. The van der Waals surface area contributed by atoms with Gasteiger partial charge in [-0.05, 0) is 38.5 Å². The molecular formula is C39H72NO7+. The van der Waals surface area contributed by atoms with Gasteiger partial charge in [-0.15, -0.1) is 0 Å². The number of carboxylic acids is 1. The first kappa shape index (κ1) is 44.8. The van der Waals surface area contributed by atoms with E-state index in [9.17, 15) is 19.5 Å². The molecule has 8 nitrogen and oxygen atoms in total. The highest BCUT2D eigenvalue weighted by molar-refractivity contribution is 5.72. The number of aliphatic carboxylic acids is 1. The number of likely N-dealkylation sites (N-methyl/N-ethyl adjacent to an activating group) is 1. The van der Waals surface area contributed by atoms with Crippen molar-refractivity contribution in [2.45, 2.75) is 167 Å². The number of carboxylic acid groups (broad SMARTS) is 1. The second-order valence-electron chi connectivity index (χ2n) is 13.9. The number of carbonyl (C=O) groups excluding carboxylic acids is 2. The molecule has 0 amide bonds. The molecule has 0 aliphatic rings. The second-order valence-corrected chi connectivity index (χ2v) is 13.9. The number of unbranched alkanes of at least 4 members (excludes halogenated alkanes) is 16. The topological polar surface area (TPSA) is 99.1 Å². The highest BCUT2D eigenvalue weighted by atomic mass is 16.6. The van der Waals surface area contributed by atoms with Crippen molar-refractivity contribution in [3.63, 3.8) is 0 Å². The third-order valence-corrected chi connectivity index (χ3v) is 8.38. The maximum Gasteiger partial charge on any atom is 0.362 e. The molecular weight excluding hydrogens is 594 g/mol. The van der Waals surface area contributed by atoms with E-state index in [0.717, 1.165) is 44.9 Å². The van der Waals surface area contributed by atoms with Crippen molar-refractivity contribution in [3.05, 3.63) is 24.3 Å². The zero-order valence-corrected chi connectivity index (χ0v) is 31.0. The first-order chi connectivity index (χ1) is 22.6. The van der Waals surface area contributed by atoms with Gasteiger partial charge in [0.05, 0.1) is 34.4 Å². The predicted octanol–water partition coefficient (Wildman–Crippen LogP) is 9.35. The highest BCUT2D eigenvalue weighted by Crippen LogP contribution is 2.13. The SMILES string of the molecule is CCCCC/C=C/C=C/CCCCCCCCC(=O)OCC(COCCC(C(=O)O)[N+](C)(C)C)OC(=O)CCCCCCCCCC. The van der Waals surface area contributed by atoms with Gasteiger partial charge in [0, 0.05) is 19.3 Å². The van der Waals surface area contributed by atoms with Crippen molar-refractivity contribution in [2.24, 2.45) is 0 Å². The number of hydrogen-bond donors (Lipinski definition) is 1. The van der Waals surface area contributed by atoms with Gasteiger partial charge in [0.2, 0.25) is 0 Å². The number of allylic oxidation sites excluding steroid dienone is 4. The van der Waals surface area contributed by atoms with E-state index in [-0.39, 0.29) is 36.2 Å². The summed E-state index contributed by atoms with van der Waals surface area (Å²) in [6.07, 6.45) is 30.8. The summed E-state index contributed by atoms with van der Waals surface area (Å²) in [6.45, 7) is 4.65. The molecule has 0 heterocycles. The Morgan fingerprint density at radius 2 is 1.11 bits per heavy atom. The quantitative estimate of drug-likeness (QED) is 0.0322. The van der Waals surface area contributed by atoms with Crippen LogP contribution in [0.1, 0.15) is 155 Å². The molecule has 0 aromatic carbocycles. The molecule has 0 aliphatic heterocycles. The molecule has 0 rings (SSSR count). The molecule has 47 heavy (non-hydrogen) atoms. The van der Waals surface area contributed by atoms with Crippen LogP contribution in [-0.2, 0) is 28.6 Å². The molecule has 0 radical (unpaired) electrons. The van der Waals surface area contributed by atoms with Crippen molar-refractivity contribution in [3.8, 4) is 0 Å². The van der Waals surface area contributed by atoms with E-state index in [1.165, 1.54) is 77.0 Å². The Labute approximate surface area is 288 Å². The first-order valence-electron chi connectivity index (χ1n) is 18.9. The number of esters is 2. The van der Waals surface area contributed by atoms with Crippen LogP contribution in [0, 0.1) is 0 Å². The van der Waals surface area contributed by atoms with Crippen LogP contribution in [-0.4, -0.2) is 80.6 Å². The zero-order valence-electron chi connectivity index (χ0n) is 31.0. The average molecular weight is 667 g/mol. The minimum absolute atomic E-state index is 0.0544. The molecule has 1 N–H and O–H groups in total. The van der Waals surface area contributed by atoms with Crippen LogP contribution in [0.25, 0.3) is 0 Å². The van der Waals surface area contributed by atoms with Crippen LogP contribution < -0.4 is 0 Å². The van der Waals surface area contributed by atoms with Gasteiger partial charge < -0.3 is 23.8 Å². The molecule has 0 aliphatic carbocycles. The lowest BCUT2D eigenvalue weighted by molar-refractivity contribution is -0.887. The fourth-order valence-electron chi connectivity index (χ4n) is 5.37. The van der Waals surface area contributed by atoms with Crippen LogP contribution >= 0.6 is 0 Å². The van der Waals surface area contributed by atoms with E-state index in [2.05, 4.69) is 38.2 Å². The number of rotatable bonds is 33. The van der Waals surface area contributed by atoms with Gasteiger partial charge in [-0.1, -0.05) is 122 Å². The summed E-state index contributed by atoms with van der Waals surface area (Å²) in [5.41, 5.74) is 0. The summed E-state index contributed by atoms with van der Waals surface area (Å²) in [7, 11) is 5.51. The smallest absolute Gasteiger partial charge is 0.362 e. The molecule has 0 aromatic rings. The minimum Gasteiger partial charge on any atom is -0.477 e. The largest absolute Gasteiger partial charge is 0.477 e. The maximum absolute atomic E-state index is 12.6. The van der Waals surface area contributed by atoms with E-state index in [1.807, 2.05) is 21.1 Å². The third kappa shape index (κ3) is 29.7. The summed E-state index contributed by atoms with van der Waals surface area (Å²) in [5, 5.41) is 9.56.